The summed E-state index contributed by atoms with van der Waals surface area (Å²) >= 11 is 0. The Hall–Kier alpha value is -2.95. The molecule has 30 heavy (non-hydrogen) atoms. The van der Waals surface area contributed by atoms with Gasteiger partial charge in [0.05, 0.1) is 13.2 Å². The smallest absolute Gasteiger partial charge is 0.251 e. The van der Waals surface area contributed by atoms with E-state index in [4.69, 9.17) is 4.74 Å². The Morgan fingerprint density at radius 1 is 0.833 bits per heavy atom. The van der Waals surface area contributed by atoms with Crippen molar-refractivity contribution >= 4 is 5.91 Å². The maximum absolute atomic E-state index is 12.5. The van der Waals surface area contributed by atoms with E-state index in [1.165, 1.54) is 0 Å². The summed E-state index contributed by atoms with van der Waals surface area (Å²) < 4.78 is 5.79. The molecule has 0 aliphatic carbocycles. The van der Waals surface area contributed by atoms with E-state index in [1.807, 2.05) is 84.9 Å². The van der Waals surface area contributed by atoms with Gasteiger partial charge >= 0.3 is 0 Å². The van der Waals surface area contributed by atoms with E-state index in [0.717, 1.165) is 22.3 Å². The number of hydrogen-bond acceptors (Lipinski definition) is 3. The van der Waals surface area contributed by atoms with Crippen LogP contribution in [0.5, 0.6) is 0 Å². The van der Waals surface area contributed by atoms with Gasteiger partial charge in [-0.2, -0.15) is 0 Å². The van der Waals surface area contributed by atoms with Crippen LogP contribution < -0.4 is 5.32 Å². The predicted molar refractivity (Wildman–Crippen MR) is 119 cm³/mol. The second kappa shape index (κ2) is 10.7. The maximum Gasteiger partial charge on any atom is 0.251 e. The van der Waals surface area contributed by atoms with E-state index >= 15 is 0 Å². The van der Waals surface area contributed by atoms with Gasteiger partial charge in [0.1, 0.15) is 5.60 Å². The number of ether oxygens (including phenoxy) is 1. The number of nitrogens with one attached hydrogen (secondary N) is 1. The van der Waals surface area contributed by atoms with Crippen LogP contribution in [0.25, 0.3) is 0 Å². The zero-order valence-electron chi connectivity index (χ0n) is 17.4. The molecule has 1 atom stereocenters. The summed E-state index contributed by atoms with van der Waals surface area (Å²) in [5.41, 5.74) is 2.86. The van der Waals surface area contributed by atoms with E-state index in [1.54, 1.807) is 6.92 Å². The van der Waals surface area contributed by atoms with Crippen LogP contribution in [0, 0.1) is 0 Å². The first-order valence-corrected chi connectivity index (χ1v) is 10.3. The van der Waals surface area contributed by atoms with E-state index in [0.29, 0.717) is 32.6 Å². The molecule has 4 nitrogen and oxygen atoms in total. The second-order valence-electron chi connectivity index (χ2n) is 7.74. The molecular weight excluding hydrogens is 374 g/mol. The molecule has 0 saturated carbocycles. The standard InChI is InChI=1S/C26H29NO3/c1-26(29,16-15-21-9-4-2-5-10-21)25(28)27-18-23-13-8-14-24(17-23)20-30-19-22-11-6-3-7-12-22/h2-14,17,29H,15-16,18-20H2,1H3,(H,27,28). The largest absolute Gasteiger partial charge is 0.380 e. The van der Waals surface area contributed by atoms with Gasteiger partial charge in [-0.25, -0.2) is 0 Å². The minimum Gasteiger partial charge on any atom is -0.380 e. The SMILES string of the molecule is CC(O)(CCc1ccccc1)C(=O)NCc1cccc(COCc2ccccc2)c1. The summed E-state index contributed by atoms with van der Waals surface area (Å²) in [6.07, 6.45) is 1.02. The summed E-state index contributed by atoms with van der Waals surface area (Å²) in [5.74, 6) is -0.357. The van der Waals surface area contributed by atoms with E-state index in [2.05, 4.69) is 5.32 Å². The molecule has 0 heterocycles. The van der Waals surface area contributed by atoms with Crippen molar-refractivity contribution in [3.05, 3.63) is 107 Å². The minimum absolute atomic E-state index is 0.357. The summed E-state index contributed by atoms with van der Waals surface area (Å²) in [6, 6.07) is 27.9. The summed E-state index contributed by atoms with van der Waals surface area (Å²) in [5, 5.41) is 13.4. The third kappa shape index (κ3) is 6.83. The Labute approximate surface area is 178 Å². The van der Waals surface area contributed by atoms with Crippen LogP contribution >= 0.6 is 0 Å². The number of amides is 1. The van der Waals surface area contributed by atoms with Gasteiger partial charge in [-0.15, -0.1) is 0 Å². The monoisotopic (exact) mass is 403 g/mol. The van der Waals surface area contributed by atoms with Crippen molar-refractivity contribution in [3.8, 4) is 0 Å². The normalized spacial score (nSPS) is 12.9. The summed E-state index contributed by atoms with van der Waals surface area (Å²) in [6.45, 7) is 3.00. The molecule has 0 bridgehead atoms. The number of carbonyl (C=O) groups is 1. The highest BCUT2D eigenvalue weighted by atomic mass is 16.5. The number of hydrogen-bond donors (Lipinski definition) is 2. The van der Waals surface area contributed by atoms with Gasteiger partial charge in [-0.1, -0.05) is 84.9 Å². The molecular formula is C26H29NO3. The van der Waals surface area contributed by atoms with E-state index in [-0.39, 0.29) is 5.91 Å². The fourth-order valence-corrected chi connectivity index (χ4v) is 3.21. The molecule has 1 amide bonds. The molecule has 3 aromatic rings. The predicted octanol–water partition coefficient (Wildman–Crippen LogP) is 4.40. The topological polar surface area (TPSA) is 58.6 Å². The van der Waals surface area contributed by atoms with E-state index in [9.17, 15) is 9.90 Å². The van der Waals surface area contributed by atoms with Crippen molar-refractivity contribution in [1.82, 2.24) is 5.32 Å². The molecule has 0 aliphatic heterocycles. The molecule has 0 radical (unpaired) electrons. The average molecular weight is 404 g/mol. The van der Waals surface area contributed by atoms with Gasteiger partial charge in [0.2, 0.25) is 0 Å². The van der Waals surface area contributed by atoms with Crippen LogP contribution in [0.3, 0.4) is 0 Å². The van der Waals surface area contributed by atoms with Gasteiger partial charge in [-0.05, 0) is 42.0 Å². The van der Waals surface area contributed by atoms with Crippen molar-refractivity contribution in [2.75, 3.05) is 0 Å². The highest BCUT2D eigenvalue weighted by molar-refractivity contribution is 5.84. The lowest BCUT2D eigenvalue weighted by Gasteiger charge is -2.22. The first kappa shape index (κ1) is 21.8. The lowest BCUT2D eigenvalue weighted by Crippen LogP contribution is -2.44. The van der Waals surface area contributed by atoms with Gasteiger partial charge in [0.15, 0.2) is 0 Å². The fourth-order valence-electron chi connectivity index (χ4n) is 3.21. The quantitative estimate of drug-likeness (QED) is 0.527. The number of aliphatic hydroxyl groups is 1. The molecule has 4 heteroatoms. The van der Waals surface area contributed by atoms with Crippen molar-refractivity contribution in [2.45, 2.75) is 45.1 Å². The van der Waals surface area contributed by atoms with Crippen LogP contribution in [0.2, 0.25) is 0 Å². The fraction of sp³-hybridized carbons (Fsp3) is 0.269. The molecule has 156 valence electrons. The lowest BCUT2D eigenvalue weighted by atomic mass is 9.96. The van der Waals surface area contributed by atoms with Crippen molar-refractivity contribution in [2.24, 2.45) is 0 Å². The van der Waals surface area contributed by atoms with Crippen LogP contribution in [0.15, 0.2) is 84.9 Å². The number of aryl methyl sites for hydroxylation is 1. The van der Waals surface area contributed by atoms with Crippen molar-refractivity contribution < 1.29 is 14.6 Å². The van der Waals surface area contributed by atoms with Crippen LogP contribution in [0.1, 0.15) is 35.6 Å². The Bertz CT molecular complexity index is 923. The third-order valence-electron chi connectivity index (χ3n) is 5.06. The highest BCUT2D eigenvalue weighted by Gasteiger charge is 2.29. The lowest BCUT2D eigenvalue weighted by molar-refractivity contribution is -0.138. The molecule has 3 aromatic carbocycles. The summed E-state index contributed by atoms with van der Waals surface area (Å²) in [4.78, 5) is 12.5. The zero-order chi connectivity index (χ0) is 21.2. The molecule has 1 unspecified atom stereocenters. The molecule has 0 saturated heterocycles. The van der Waals surface area contributed by atoms with Gasteiger partial charge in [0, 0.05) is 6.54 Å². The number of carbonyl (C=O) groups excluding carboxylic acids is 1. The number of rotatable bonds is 10. The zero-order valence-corrected chi connectivity index (χ0v) is 17.4. The Balaban J connectivity index is 1.46. The third-order valence-corrected chi connectivity index (χ3v) is 5.06. The van der Waals surface area contributed by atoms with Gasteiger partial charge in [0.25, 0.3) is 5.91 Å². The van der Waals surface area contributed by atoms with Crippen molar-refractivity contribution in [1.29, 1.82) is 0 Å². The average Bonchev–Trinajstić information content (AvgIpc) is 2.78. The molecule has 0 fully saturated rings. The molecule has 3 rings (SSSR count). The van der Waals surface area contributed by atoms with Gasteiger partial charge < -0.3 is 15.2 Å². The van der Waals surface area contributed by atoms with Crippen molar-refractivity contribution in [3.63, 3.8) is 0 Å². The Morgan fingerprint density at radius 3 is 2.10 bits per heavy atom. The highest BCUT2D eigenvalue weighted by Crippen LogP contribution is 2.15. The Kier molecular flexibility index (Phi) is 7.77. The maximum atomic E-state index is 12.5. The van der Waals surface area contributed by atoms with Crippen LogP contribution in [-0.2, 0) is 35.7 Å². The molecule has 0 aromatic heterocycles. The van der Waals surface area contributed by atoms with Crippen LogP contribution in [0.4, 0.5) is 0 Å². The van der Waals surface area contributed by atoms with E-state index < -0.39 is 5.60 Å². The molecule has 0 spiro atoms. The number of benzene rings is 3. The first-order valence-electron chi connectivity index (χ1n) is 10.3. The van der Waals surface area contributed by atoms with Gasteiger partial charge in [-0.3, -0.25) is 4.79 Å². The minimum atomic E-state index is -1.41. The summed E-state index contributed by atoms with van der Waals surface area (Å²) in [7, 11) is 0. The second-order valence-corrected chi connectivity index (χ2v) is 7.74. The first-order chi connectivity index (χ1) is 14.5. The molecule has 2 N–H and O–H groups in total. The molecule has 0 aliphatic rings. The Morgan fingerprint density at radius 2 is 1.40 bits per heavy atom. The van der Waals surface area contributed by atoms with Crippen LogP contribution in [-0.4, -0.2) is 16.6 Å².